The minimum Gasteiger partial charge on any atom is -0.370 e. The zero-order valence-electron chi connectivity index (χ0n) is 12.1. The molecule has 1 fully saturated rings. The van der Waals surface area contributed by atoms with Crippen molar-refractivity contribution >= 4 is 5.96 Å². The lowest BCUT2D eigenvalue weighted by Gasteiger charge is -2.31. The number of likely N-dealkylation sites (tertiary alicyclic amines) is 1. The van der Waals surface area contributed by atoms with Crippen molar-refractivity contribution in [3.8, 4) is 0 Å². The Morgan fingerprint density at radius 1 is 1.53 bits per heavy atom. The number of aryl methyl sites for hydroxylation is 2. The first-order valence-electron chi connectivity index (χ1n) is 7.04. The van der Waals surface area contributed by atoms with E-state index in [0.29, 0.717) is 18.4 Å². The van der Waals surface area contributed by atoms with Crippen LogP contribution in [0.3, 0.4) is 0 Å². The Morgan fingerprint density at radius 3 is 2.95 bits per heavy atom. The van der Waals surface area contributed by atoms with Gasteiger partial charge in [0.1, 0.15) is 5.76 Å². The van der Waals surface area contributed by atoms with Gasteiger partial charge in [0.05, 0.1) is 5.69 Å². The summed E-state index contributed by atoms with van der Waals surface area (Å²) in [5.74, 6) is 2.28. The zero-order chi connectivity index (χ0) is 13.8. The van der Waals surface area contributed by atoms with E-state index in [-0.39, 0.29) is 0 Å². The number of aromatic nitrogens is 1. The lowest BCUT2D eigenvalue weighted by atomic mass is 10.0. The van der Waals surface area contributed by atoms with Crippen molar-refractivity contribution in [1.29, 1.82) is 0 Å². The van der Waals surface area contributed by atoms with Crippen LogP contribution in [0.2, 0.25) is 0 Å². The number of aliphatic imine (C=N–C) groups is 1. The van der Waals surface area contributed by atoms with Crippen LogP contribution < -0.4 is 5.73 Å². The lowest BCUT2D eigenvalue weighted by Crippen LogP contribution is -2.43. The highest BCUT2D eigenvalue weighted by molar-refractivity contribution is 5.78. The van der Waals surface area contributed by atoms with Gasteiger partial charge >= 0.3 is 0 Å². The van der Waals surface area contributed by atoms with Crippen molar-refractivity contribution in [2.75, 3.05) is 19.6 Å². The highest BCUT2D eigenvalue weighted by Gasteiger charge is 2.17. The van der Waals surface area contributed by atoms with Crippen LogP contribution >= 0.6 is 0 Å². The highest BCUT2D eigenvalue weighted by atomic mass is 16.5. The van der Waals surface area contributed by atoms with Crippen molar-refractivity contribution in [3.05, 3.63) is 17.0 Å². The average molecular weight is 264 g/mol. The Morgan fingerprint density at radius 2 is 2.32 bits per heavy atom. The van der Waals surface area contributed by atoms with Crippen LogP contribution in [0.15, 0.2) is 9.52 Å². The third kappa shape index (κ3) is 3.49. The van der Waals surface area contributed by atoms with Crippen LogP contribution in [-0.2, 0) is 6.42 Å². The molecule has 5 nitrogen and oxygen atoms in total. The monoisotopic (exact) mass is 264 g/mol. The molecule has 1 aromatic heterocycles. The van der Waals surface area contributed by atoms with Gasteiger partial charge in [0, 0.05) is 25.2 Å². The molecule has 19 heavy (non-hydrogen) atoms. The molecule has 1 aliphatic rings. The summed E-state index contributed by atoms with van der Waals surface area (Å²) in [6, 6.07) is 0. The van der Waals surface area contributed by atoms with Gasteiger partial charge < -0.3 is 15.2 Å². The standard InChI is InChI=1S/C14H24N4O/c1-10-5-4-8-18(9-10)14(15)16-7-6-13-11(2)17-19-12(13)3/h10H,4-9H2,1-3H3,(H2,15,16). The zero-order valence-corrected chi connectivity index (χ0v) is 12.1. The van der Waals surface area contributed by atoms with Crippen molar-refractivity contribution in [1.82, 2.24) is 10.1 Å². The third-order valence-electron chi connectivity index (χ3n) is 3.80. The predicted octanol–water partition coefficient (Wildman–Crippen LogP) is 1.88. The molecule has 0 radical (unpaired) electrons. The number of hydrogen-bond acceptors (Lipinski definition) is 3. The van der Waals surface area contributed by atoms with E-state index in [1.807, 2.05) is 13.8 Å². The average Bonchev–Trinajstić information content (AvgIpc) is 2.70. The molecule has 5 heteroatoms. The number of guanidine groups is 1. The van der Waals surface area contributed by atoms with Crippen LogP contribution in [0.5, 0.6) is 0 Å². The molecule has 2 rings (SSSR count). The van der Waals surface area contributed by atoms with Crippen LogP contribution in [0.1, 0.15) is 36.8 Å². The van der Waals surface area contributed by atoms with E-state index in [1.54, 1.807) is 0 Å². The lowest BCUT2D eigenvalue weighted by molar-refractivity contribution is 0.270. The Kier molecular flexibility index (Phi) is 4.45. The van der Waals surface area contributed by atoms with E-state index < -0.39 is 0 Å². The molecule has 0 saturated carbocycles. The predicted molar refractivity (Wildman–Crippen MR) is 76.1 cm³/mol. The second-order valence-electron chi connectivity index (χ2n) is 5.49. The fraction of sp³-hybridized carbons (Fsp3) is 0.714. The van der Waals surface area contributed by atoms with Crippen molar-refractivity contribution < 1.29 is 4.52 Å². The van der Waals surface area contributed by atoms with Gasteiger partial charge in [-0.1, -0.05) is 12.1 Å². The summed E-state index contributed by atoms with van der Waals surface area (Å²) >= 11 is 0. The molecule has 1 unspecified atom stereocenters. The second kappa shape index (κ2) is 6.08. The SMILES string of the molecule is Cc1noc(C)c1CCN=C(N)N1CCCC(C)C1. The van der Waals surface area contributed by atoms with E-state index >= 15 is 0 Å². The number of rotatable bonds is 3. The van der Waals surface area contributed by atoms with Crippen LogP contribution in [0.4, 0.5) is 0 Å². The largest absolute Gasteiger partial charge is 0.370 e. The van der Waals surface area contributed by atoms with E-state index in [4.69, 9.17) is 10.3 Å². The summed E-state index contributed by atoms with van der Waals surface area (Å²) in [4.78, 5) is 6.69. The van der Waals surface area contributed by atoms with Gasteiger partial charge in [-0.05, 0) is 39.0 Å². The molecule has 1 aromatic rings. The second-order valence-corrected chi connectivity index (χ2v) is 5.49. The summed E-state index contributed by atoms with van der Waals surface area (Å²) in [7, 11) is 0. The molecule has 0 spiro atoms. The molecule has 1 atom stereocenters. The van der Waals surface area contributed by atoms with Crippen LogP contribution in [-0.4, -0.2) is 35.7 Å². The van der Waals surface area contributed by atoms with Gasteiger partial charge in [-0.2, -0.15) is 0 Å². The first-order chi connectivity index (χ1) is 9.08. The third-order valence-corrected chi connectivity index (χ3v) is 3.80. The Bertz CT molecular complexity index is 433. The van der Waals surface area contributed by atoms with Gasteiger partial charge in [-0.15, -0.1) is 0 Å². The van der Waals surface area contributed by atoms with Crippen molar-refractivity contribution in [3.63, 3.8) is 0 Å². The van der Waals surface area contributed by atoms with Crippen molar-refractivity contribution in [2.24, 2.45) is 16.6 Å². The number of hydrogen-bond donors (Lipinski definition) is 1. The fourth-order valence-corrected chi connectivity index (χ4v) is 2.64. The molecule has 2 N–H and O–H groups in total. The normalized spacial score (nSPS) is 20.9. The Hall–Kier alpha value is -1.52. The van der Waals surface area contributed by atoms with Gasteiger partial charge in [0.25, 0.3) is 0 Å². The quantitative estimate of drug-likeness (QED) is 0.668. The van der Waals surface area contributed by atoms with Crippen LogP contribution in [0, 0.1) is 19.8 Å². The van der Waals surface area contributed by atoms with Gasteiger partial charge in [0.2, 0.25) is 0 Å². The minimum absolute atomic E-state index is 0.679. The first-order valence-corrected chi connectivity index (χ1v) is 7.04. The van der Waals surface area contributed by atoms with Gasteiger partial charge in [-0.3, -0.25) is 4.99 Å². The van der Waals surface area contributed by atoms with E-state index in [9.17, 15) is 0 Å². The maximum atomic E-state index is 6.06. The molecule has 0 aromatic carbocycles. The maximum Gasteiger partial charge on any atom is 0.191 e. The summed E-state index contributed by atoms with van der Waals surface area (Å²) in [5.41, 5.74) is 8.18. The molecule has 0 aliphatic carbocycles. The highest BCUT2D eigenvalue weighted by Crippen LogP contribution is 2.15. The topological polar surface area (TPSA) is 67.6 Å². The number of nitrogens with two attached hydrogens (primary N) is 1. The molecular formula is C14H24N4O. The van der Waals surface area contributed by atoms with Gasteiger partial charge in [0.15, 0.2) is 5.96 Å². The molecule has 106 valence electrons. The maximum absolute atomic E-state index is 6.06. The Balaban J connectivity index is 1.88. The van der Waals surface area contributed by atoms with Crippen molar-refractivity contribution in [2.45, 2.75) is 40.0 Å². The molecule has 2 heterocycles. The fourth-order valence-electron chi connectivity index (χ4n) is 2.64. The number of nitrogens with zero attached hydrogens (tertiary/aromatic N) is 3. The smallest absolute Gasteiger partial charge is 0.191 e. The summed E-state index contributed by atoms with van der Waals surface area (Å²) in [5, 5.41) is 3.95. The van der Waals surface area contributed by atoms with Gasteiger partial charge in [-0.25, -0.2) is 0 Å². The molecule has 0 bridgehead atoms. The van der Waals surface area contributed by atoms with E-state index in [1.165, 1.54) is 12.8 Å². The molecular weight excluding hydrogens is 240 g/mol. The molecule has 1 saturated heterocycles. The summed E-state index contributed by atoms with van der Waals surface area (Å²) < 4.78 is 5.14. The first kappa shape index (κ1) is 13.9. The number of piperidine rings is 1. The Labute approximate surface area is 114 Å². The molecule has 0 amide bonds. The van der Waals surface area contributed by atoms with E-state index in [2.05, 4.69) is 22.0 Å². The summed E-state index contributed by atoms with van der Waals surface area (Å²) in [6.07, 6.45) is 3.34. The summed E-state index contributed by atoms with van der Waals surface area (Å²) in [6.45, 7) is 8.93. The minimum atomic E-state index is 0.679. The molecule has 1 aliphatic heterocycles. The van der Waals surface area contributed by atoms with Crippen LogP contribution in [0.25, 0.3) is 0 Å². The van der Waals surface area contributed by atoms with E-state index in [0.717, 1.165) is 36.5 Å².